The van der Waals surface area contributed by atoms with Crippen molar-refractivity contribution in [3.8, 4) is 0 Å². The number of halogens is 3. The molecule has 0 spiro atoms. The van der Waals surface area contributed by atoms with Gasteiger partial charge in [0.05, 0.1) is 6.61 Å². The molecule has 0 saturated carbocycles. The van der Waals surface area contributed by atoms with Gasteiger partial charge >= 0.3 is 12.0 Å². The Bertz CT molecular complexity index is 388. The molecule has 0 aromatic heterocycles. The molecule has 88 valence electrons. The lowest BCUT2D eigenvalue weighted by molar-refractivity contribution is -0.236. The topological polar surface area (TPSA) is 64.3 Å². The van der Waals surface area contributed by atoms with E-state index in [2.05, 4.69) is 10.6 Å². The van der Waals surface area contributed by atoms with Crippen LogP contribution in [0, 0.1) is 0 Å². The van der Waals surface area contributed by atoms with E-state index in [0.29, 0.717) is 5.56 Å². The molecule has 16 heavy (non-hydrogen) atoms. The largest absolute Gasteiger partial charge is 0.438 e. The minimum absolute atomic E-state index is 0.284. The fraction of sp³-hybridized carbons (Fsp3) is 0.222. The first-order valence-corrected chi connectivity index (χ1v) is 4.61. The van der Waals surface area contributed by atoms with Crippen LogP contribution in [0.15, 0.2) is 24.3 Å². The molecule has 1 amide bonds. The fourth-order valence-electron chi connectivity index (χ4n) is 0.933. The van der Waals surface area contributed by atoms with Crippen LogP contribution in [0.1, 0.15) is 5.56 Å². The summed E-state index contributed by atoms with van der Waals surface area (Å²) in [4.78, 5) is 10.6. The fourth-order valence-corrected chi connectivity index (χ4v) is 1.12. The summed E-state index contributed by atoms with van der Waals surface area (Å²) in [6.45, 7) is -0.486. The molecule has 0 aliphatic rings. The van der Waals surface area contributed by atoms with Crippen molar-refractivity contribution < 1.29 is 18.3 Å². The van der Waals surface area contributed by atoms with Gasteiger partial charge in [0, 0.05) is 5.02 Å². The normalized spacial score (nSPS) is 11.2. The number of nitrogens with one attached hydrogen (secondary N) is 1. The Balaban J connectivity index is 2.65. The third-order valence-electron chi connectivity index (χ3n) is 1.76. The van der Waals surface area contributed by atoms with E-state index in [1.165, 1.54) is 17.6 Å². The molecule has 7 heteroatoms. The van der Waals surface area contributed by atoms with E-state index in [1.54, 1.807) is 12.1 Å². The van der Waals surface area contributed by atoms with E-state index in [9.17, 15) is 13.6 Å². The average Bonchev–Trinajstić information content (AvgIpc) is 2.27. The van der Waals surface area contributed by atoms with Crippen LogP contribution in [0.3, 0.4) is 0 Å². The summed E-state index contributed by atoms with van der Waals surface area (Å²) in [6.07, 6.45) is -3.98. The minimum Gasteiger partial charge on any atom is -0.308 e. The molecule has 0 unspecified atom stereocenters. The molecule has 3 N–H and O–H groups in total. The summed E-state index contributed by atoms with van der Waals surface area (Å²) in [5, 5.41) is 0.284. The molecule has 0 aliphatic carbocycles. The second-order valence-electron chi connectivity index (χ2n) is 2.87. The highest BCUT2D eigenvalue weighted by atomic mass is 35.5. The van der Waals surface area contributed by atoms with Crippen LogP contribution in [0.4, 0.5) is 8.78 Å². The van der Waals surface area contributed by atoms with Crippen LogP contribution in [0.5, 0.6) is 0 Å². The van der Waals surface area contributed by atoms with Crippen molar-refractivity contribution in [3.63, 3.8) is 0 Å². The maximum atomic E-state index is 12.9. The van der Waals surface area contributed by atoms with Crippen molar-refractivity contribution in [2.45, 2.75) is 12.7 Å². The number of hydrazine groups is 1. The summed E-state index contributed by atoms with van der Waals surface area (Å²) in [6, 6.07) is 6.31. The zero-order chi connectivity index (χ0) is 12.2. The van der Waals surface area contributed by atoms with Crippen LogP contribution in [0.2, 0.25) is 5.02 Å². The van der Waals surface area contributed by atoms with Gasteiger partial charge in [0.25, 0.3) is 0 Å². The molecule has 0 bridgehead atoms. The van der Waals surface area contributed by atoms with Crippen LogP contribution in [0.25, 0.3) is 0 Å². The van der Waals surface area contributed by atoms with Crippen molar-refractivity contribution >= 4 is 17.5 Å². The Hall–Kier alpha value is -1.24. The van der Waals surface area contributed by atoms with E-state index < -0.39 is 18.6 Å². The quantitative estimate of drug-likeness (QED) is 0.483. The average molecular weight is 251 g/mol. The lowest BCUT2D eigenvalue weighted by Gasteiger charge is -2.14. The summed E-state index contributed by atoms with van der Waals surface area (Å²) >= 11 is 5.72. The molecule has 0 saturated heterocycles. The second-order valence-corrected chi connectivity index (χ2v) is 3.28. The van der Waals surface area contributed by atoms with Gasteiger partial charge in [0.2, 0.25) is 0 Å². The van der Waals surface area contributed by atoms with E-state index in [0.717, 1.165) is 0 Å². The number of carbonyl (C=O) groups is 1. The predicted molar refractivity (Wildman–Crippen MR) is 53.5 cm³/mol. The maximum Gasteiger partial charge on any atom is 0.438 e. The lowest BCUT2D eigenvalue weighted by Crippen LogP contribution is -2.45. The van der Waals surface area contributed by atoms with E-state index >= 15 is 0 Å². The SMILES string of the molecule is NNC(=O)C(F)(F)OCc1ccccc1Cl. The second kappa shape index (κ2) is 5.20. The molecule has 1 aromatic rings. The van der Waals surface area contributed by atoms with Crippen molar-refractivity contribution in [1.29, 1.82) is 0 Å². The number of nitrogens with two attached hydrogens (primary N) is 1. The van der Waals surface area contributed by atoms with Gasteiger partial charge in [-0.15, -0.1) is 0 Å². The Kier molecular flexibility index (Phi) is 4.17. The first-order valence-electron chi connectivity index (χ1n) is 4.23. The molecule has 0 radical (unpaired) electrons. The molecule has 0 fully saturated rings. The van der Waals surface area contributed by atoms with Crippen molar-refractivity contribution in [2.75, 3.05) is 0 Å². The summed E-state index contributed by atoms with van der Waals surface area (Å²) in [5.74, 6) is 2.86. The van der Waals surface area contributed by atoms with Gasteiger partial charge in [-0.2, -0.15) is 8.78 Å². The van der Waals surface area contributed by atoms with Crippen LogP contribution < -0.4 is 11.3 Å². The maximum absolute atomic E-state index is 12.9. The van der Waals surface area contributed by atoms with Gasteiger partial charge in [0.1, 0.15) is 0 Å². The van der Waals surface area contributed by atoms with E-state index in [1.807, 2.05) is 0 Å². The molecular formula is C9H9ClF2N2O2. The third kappa shape index (κ3) is 3.13. The van der Waals surface area contributed by atoms with Crippen molar-refractivity contribution in [1.82, 2.24) is 5.43 Å². The molecule has 0 atom stereocenters. The highest BCUT2D eigenvalue weighted by Gasteiger charge is 2.40. The minimum atomic E-state index is -3.98. The molecule has 1 aromatic carbocycles. The molecule has 0 aliphatic heterocycles. The van der Waals surface area contributed by atoms with Crippen LogP contribution >= 0.6 is 11.6 Å². The number of amides is 1. The van der Waals surface area contributed by atoms with Gasteiger partial charge in [-0.3, -0.25) is 10.2 Å². The van der Waals surface area contributed by atoms with Crippen molar-refractivity contribution in [3.05, 3.63) is 34.9 Å². The van der Waals surface area contributed by atoms with Crippen LogP contribution in [-0.2, 0) is 16.1 Å². The smallest absolute Gasteiger partial charge is 0.308 e. The number of hydrogen-bond donors (Lipinski definition) is 2. The lowest BCUT2D eigenvalue weighted by atomic mass is 10.2. The summed E-state index contributed by atoms with van der Waals surface area (Å²) in [5.41, 5.74) is 1.66. The Labute approximate surface area is 95.3 Å². The predicted octanol–water partition coefficient (Wildman–Crippen LogP) is 1.44. The van der Waals surface area contributed by atoms with E-state index in [-0.39, 0.29) is 5.02 Å². The first kappa shape index (κ1) is 12.8. The summed E-state index contributed by atoms with van der Waals surface area (Å²) < 4.78 is 29.9. The number of carbonyl (C=O) groups excluding carboxylic acids is 1. The van der Waals surface area contributed by atoms with Crippen molar-refractivity contribution in [2.24, 2.45) is 5.84 Å². The number of hydrogen-bond acceptors (Lipinski definition) is 3. The standard InChI is InChI=1S/C9H9ClF2N2O2/c10-7-4-2-1-3-6(7)5-16-9(11,12)8(15)14-13/h1-4H,5,13H2,(H,14,15). The molecule has 1 rings (SSSR count). The van der Waals surface area contributed by atoms with Gasteiger partial charge in [-0.05, 0) is 11.6 Å². The first-order chi connectivity index (χ1) is 7.47. The Morgan fingerprint density at radius 2 is 2.12 bits per heavy atom. The highest BCUT2D eigenvalue weighted by Crippen LogP contribution is 2.21. The number of ether oxygens (including phenoxy) is 1. The molecular weight excluding hydrogens is 242 g/mol. The number of alkyl halides is 2. The Morgan fingerprint density at radius 1 is 1.50 bits per heavy atom. The van der Waals surface area contributed by atoms with Gasteiger partial charge < -0.3 is 4.74 Å². The van der Waals surface area contributed by atoms with Gasteiger partial charge in [-0.25, -0.2) is 5.84 Å². The van der Waals surface area contributed by atoms with E-state index in [4.69, 9.17) is 11.6 Å². The summed E-state index contributed by atoms with van der Waals surface area (Å²) in [7, 11) is 0. The zero-order valence-electron chi connectivity index (χ0n) is 8.04. The highest BCUT2D eigenvalue weighted by molar-refractivity contribution is 6.31. The monoisotopic (exact) mass is 250 g/mol. The third-order valence-corrected chi connectivity index (χ3v) is 2.13. The Morgan fingerprint density at radius 3 is 2.69 bits per heavy atom. The zero-order valence-corrected chi connectivity index (χ0v) is 8.80. The number of benzene rings is 1. The van der Waals surface area contributed by atoms with Crippen LogP contribution in [-0.4, -0.2) is 12.0 Å². The molecule has 0 heterocycles. The van der Waals surface area contributed by atoms with Gasteiger partial charge in [0.15, 0.2) is 0 Å². The molecule has 4 nitrogen and oxygen atoms in total. The number of rotatable bonds is 4. The van der Waals surface area contributed by atoms with Gasteiger partial charge in [-0.1, -0.05) is 29.8 Å².